The van der Waals surface area contributed by atoms with E-state index in [0.717, 1.165) is 25.7 Å². The quantitative estimate of drug-likeness (QED) is 0.349. The summed E-state index contributed by atoms with van der Waals surface area (Å²) in [7, 11) is 0. The molecule has 1 aliphatic carbocycles. The van der Waals surface area contributed by atoms with Crippen LogP contribution in [0.4, 0.5) is 0 Å². The molecular formula is C18H32O3. The molecule has 0 N–H and O–H groups in total. The molecule has 1 heterocycles. The largest absolute Gasteiger partial charge is 0.464 e. The first-order valence-corrected chi connectivity index (χ1v) is 9.08. The zero-order chi connectivity index (χ0) is 15.2. The molecule has 1 unspecified atom stereocenters. The Morgan fingerprint density at radius 3 is 2.33 bits per heavy atom. The number of hydrogen-bond donors (Lipinski definition) is 0. The average molecular weight is 296 g/mol. The van der Waals surface area contributed by atoms with Gasteiger partial charge in [-0.1, -0.05) is 58.3 Å². The maximum absolute atomic E-state index is 12.4. The molecule has 1 aliphatic heterocycles. The summed E-state index contributed by atoms with van der Waals surface area (Å²) in [4.78, 5) is 12.4. The highest BCUT2D eigenvalue weighted by Crippen LogP contribution is 2.59. The molecule has 3 heteroatoms. The van der Waals surface area contributed by atoms with Gasteiger partial charge < -0.3 is 9.47 Å². The van der Waals surface area contributed by atoms with Gasteiger partial charge in [-0.3, -0.25) is 0 Å². The third-order valence-electron chi connectivity index (χ3n) is 5.21. The second kappa shape index (κ2) is 7.62. The van der Waals surface area contributed by atoms with Crippen molar-refractivity contribution in [3.05, 3.63) is 0 Å². The molecule has 2 aliphatic rings. The Morgan fingerprint density at radius 1 is 1.00 bits per heavy atom. The van der Waals surface area contributed by atoms with E-state index in [-0.39, 0.29) is 11.6 Å². The van der Waals surface area contributed by atoms with E-state index in [9.17, 15) is 4.79 Å². The summed E-state index contributed by atoms with van der Waals surface area (Å²) in [5, 5.41) is 0. The van der Waals surface area contributed by atoms with Gasteiger partial charge in [-0.25, -0.2) is 4.79 Å². The average Bonchev–Trinajstić information content (AvgIpc) is 3.11. The SMILES string of the molecule is CCCCCCCCC1(C(=O)OCC)OC12CCCCC2. The van der Waals surface area contributed by atoms with E-state index in [1.165, 1.54) is 51.4 Å². The minimum absolute atomic E-state index is 0.0968. The maximum atomic E-state index is 12.4. The summed E-state index contributed by atoms with van der Waals surface area (Å²) in [6.07, 6.45) is 14.1. The molecule has 122 valence electrons. The van der Waals surface area contributed by atoms with Crippen molar-refractivity contribution in [3.63, 3.8) is 0 Å². The fraction of sp³-hybridized carbons (Fsp3) is 0.944. The van der Waals surface area contributed by atoms with E-state index in [1.807, 2.05) is 6.92 Å². The van der Waals surface area contributed by atoms with Gasteiger partial charge in [-0.15, -0.1) is 0 Å². The van der Waals surface area contributed by atoms with Crippen LogP contribution in [0.25, 0.3) is 0 Å². The number of ether oxygens (including phenoxy) is 2. The number of esters is 1. The van der Waals surface area contributed by atoms with Crippen LogP contribution in [-0.4, -0.2) is 23.8 Å². The van der Waals surface area contributed by atoms with E-state index in [2.05, 4.69) is 6.92 Å². The Morgan fingerprint density at radius 2 is 1.67 bits per heavy atom. The van der Waals surface area contributed by atoms with E-state index in [1.54, 1.807) is 0 Å². The molecule has 3 nitrogen and oxygen atoms in total. The van der Waals surface area contributed by atoms with Crippen LogP contribution in [0.15, 0.2) is 0 Å². The Hall–Kier alpha value is -0.570. The second-order valence-corrected chi connectivity index (χ2v) is 6.72. The molecule has 21 heavy (non-hydrogen) atoms. The van der Waals surface area contributed by atoms with Crippen LogP contribution in [-0.2, 0) is 14.3 Å². The van der Waals surface area contributed by atoms with Crippen LogP contribution in [0.3, 0.4) is 0 Å². The van der Waals surface area contributed by atoms with Crippen molar-refractivity contribution in [1.82, 2.24) is 0 Å². The summed E-state index contributed by atoms with van der Waals surface area (Å²) < 4.78 is 11.4. The summed E-state index contributed by atoms with van der Waals surface area (Å²) in [5.74, 6) is -0.0968. The number of carbonyl (C=O) groups excluding carboxylic acids is 1. The molecule has 0 amide bonds. The highest BCUT2D eigenvalue weighted by Gasteiger charge is 2.74. The van der Waals surface area contributed by atoms with Gasteiger partial charge in [0.2, 0.25) is 0 Å². The van der Waals surface area contributed by atoms with E-state index in [0.29, 0.717) is 6.61 Å². The molecule has 1 spiro atoms. The normalized spacial score (nSPS) is 26.8. The first kappa shape index (κ1) is 16.8. The number of unbranched alkanes of at least 4 members (excludes halogenated alkanes) is 5. The highest BCUT2D eigenvalue weighted by atomic mass is 16.7. The molecule has 2 rings (SSSR count). The van der Waals surface area contributed by atoms with Crippen LogP contribution in [0.1, 0.15) is 90.9 Å². The molecular weight excluding hydrogens is 264 g/mol. The molecule has 0 aromatic carbocycles. The molecule has 0 radical (unpaired) electrons. The van der Waals surface area contributed by atoms with Gasteiger partial charge in [0.15, 0.2) is 5.60 Å². The molecule has 0 aromatic rings. The van der Waals surface area contributed by atoms with E-state index in [4.69, 9.17) is 9.47 Å². The molecule has 0 bridgehead atoms. The third kappa shape index (κ3) is 3.61. The fourth-order valence-corrected chi connectivity index (χ4v) is 3.95. The lowest BCUT2D eigenvalue weighted by molar-refractivity contribution is -0.150. The van der Waals surface area contributed by atoms with Gasteiger partial charge in [0.1, 0.15) is 5.60 Å². The zero-order valence-corrected chi connectivity index (χ0v) is 13.9. The van der Waals surface area contributed by atoms with Crippen molar-refractivity contribution in [2.45, 2.75) is 102 Å². The number of rotatable bonds is 9. The molecule has 1 saturated carbocycles. The predicted molar refractivity (Wildman–Crippen MR) is 84.3 cm³/mol. The maximum Gasteiger partial charge on any atom is 0.341 e. The van der Waals surface area contributed by atoms with Crippen molar-refractivity contribution >= 4 is 5.97 Å². The van der Waals surface area contributed by atoms with Gasteiger partial charge in [-0.2, -0.15) is 0 Å². The highest BCUT2D eigenvalue weighted by molar-refractivity contribution is 5.85. The minimum atomic E-state index is -0.589. The van der Waals surface area contributed by atoms with Gasteiger partial charge in [-0.05, 0) is 32.6 Å². The number of carbonyl (C=O) groups is 1. The summed E-state index contributed by atoms with van der Waals surface area (Å²) >= 11 is 0. The van der Waals surface area contributed by atoms with Crippen molar-refractivity contribution in [2.24, 2.45) is 0 Å². The van der Waals surface area contributed by atoms with Gasteiger partial charge >= 0.3 is 5.97 Å². The van der Waals surface area contributed by atoms with E-state index >= 15 is 0 Å². The van der Waals surface area contributed by atoms with Crippen LogP contribution in [0.5, 0.6) is 0 Å². The third-order valence-corrected chi connectivity index (χ3v) is 5.21. The molecule has 2 fully saturated rings. The predicted octanol–water partition coefficient (Wildman–Crippen LogP) is 4.77. The Bertz CT molecular complexity index is 333. The monoisotopic (exact) mass is 296 g/mol. The second-order valence-electron chi connectivity index (χ2n) is 6.72. The first-order chi connectivity index (χ1) is 10.2. The standard InChI is InChI=1S/C18H32O3/c1-3-5-6-7-8-12-15-18(16(19)20-4-2)17(21-18)13-10-9-11-14-17/h3-15H2,1-2H3. The Kier molecular flexibility index (Phi) is 6.09. The number of hydrogen-bond acceptors (Lipinski definition) is 3. The molecule has 1 atom stereocenters. The van der Waals surface area contributed by atoms with Crippen molar-refractivity contribution in [3.8, 4) is 0 Å². The lowest BCUT2D eigenvalue weighted by Crippen LogP contribution is -2.37. The lowest BCUT2D eigenvalue weighted by Gasteiger charge is -2.22. The Labute approximate surface area is 129 Å². The van der Waals surface area contributed by atoms with Gasteiger partial charge in [0.25, 0.3) is 0 Å². The first-order valence-electron chi connectivity index (χ1n) is 9.08. The Balaban J connectivity index is 1.85. The van der Waals surface area contributed by atoms with Crippen molar-refractivity contribution in [2.75, 3.05) is 6.61 Å². The van der Waals surface area contributed by atoms with Gasteiger partial charge in [0.05, 0.1) is 6.61 Å². The fourth-order valence-electron chi connectivity index (χ4n) is 3.95. The smallest absolute Gasteiger partial charge is 0.341 e. The topological polar surface area (TPSA) is 38.8 Å². The van der Waals surface area contributed by atoms with Crippen LogP contribution in [0.2, 0.25) is 0 Å². The van der Waals surface area contributed by atoms with Crippen LogP contribution in [0, 0.1) is 0 Å². The van der Waals surface area contributed by atoms with Crippen molar-refractivity contribution in [1.29, 1.82) is 0 Å². The molecule has 0 aromatic heterocycles. The van der Waals surface area contributed by atoms with E-state index < -0.39 is 5.60 Å². The minimum Gasteiger partial charge on any atom is -0.464 e. The zero-order valence-electron chi connectivity index (χ0n) is 13.9. The summed E-state index contributed by atoms with van der Waals surface area (Å²) in [5.41, 5.74) is -0.755. The summed E-state index contributed by atoms with van der Waals surface area (Å²) in [6, 6.07) is 0. The van der Waals surface area contributed by atoms with Crippen LogP contribution < -0.4 is 0 Å². The molecule has 1 saturated heterocycles. The summed E-state index contributed by atoms with van der Waals surface area (Å²) in [6.45, 7) is 4.57. The number of epoxide rings is 1. The lowest BCUT2D eigenvalue weighted by atomic mass is 9.77. The van der Waals surface area contributed by atoms with Gasteiger partial charge in [0, 0.05) is 0 Å². The van der Waals surface area contributed by atoms with Crippen molar-refractivity contribution < 1.29 is 14.3 Å². The van der Waals surface area contributed by atoms with Crippen LogP contribution >= 0.6 is 0 Å².